The van der Waals surface area contributed by atoms with Crippen LogP contribution in [0.4, 0.5) is 0 Å². The Morgan fingerprint density at radius 3 is 2.26 bits per heavy atom. The van der Waals surface area contributed by atoms with Gasteiger partial charge in [0.2, 0.25) is 5.75 Å². The second kappa shape index (κ2) is 11.2. The van der Waals surface area contributed by atoms with Crippen LogP contribution in [0.1, 0.15) is 28.6 Å². The maximum atomic E-state index is 13.6. The lowest BCUT2D eigenvalue weighted by Crippen LogP contribution is -2.32. The van der Waals surface area contributed by atoms with Gasteiger partial charge in [-0.1, -0.05) is 29.3 Å². The molecule has 192 valence electrons. The second-order valence-electron chi connectivity index (χ2n) is 7.65. The lowest BCUT2D eigenvalue weighted by atomic mass is 10.1. The van der Waals surface area contributed by atoms with E-state index in [1.54, 1.807) is 18.2 Å². The molecule has 1 aliphatic rings. The van der Waals surface area contributed by atoms with Gasteiger partial charge in [0.15, 0.2) is 24.0 Å². The minimum Gasteiger partial charge on any atom is -0.493 e. The normalized spacial score (nSPS) is 18.9. The fraction of sp³-hybridized carbons (Fsp3) is 0.409. The summed E-state index contributed by atoms with van der Waals surface area (Å²) in [6, 6.07) is 7.80. The highest BCUT2D eigenvalue weighted by Gasteiger charge is 2.39. The molecule has 2 aromatic carbocycles. The first-order valence-corrected chi connectivity index (χ1v) is 12.8. The Kier molecular flexibility index (Phi) is 8.73. The Hall–Kier alpha value is -2.28. The number of carbonyl (C=O) groups is 1. The van der Waals surface area contributed by atoms with Gasteiger partial charge >= 0.3 is 0 Å². The Balaban J connectivity index is 1.97. The van der Waals surface area contributed by atoms with Gasteiger partial charge in [-0.3, -0.25) is 4.79 Å². The summed E-state index contributed by atoms with van der Waals surface area (Å²) in [5, 5.41) is 10.6. The molecule has 1 fully saturated rings. The van der Waals surface area contributed by atoms with Gasteiger partial charge in [-0.05, 0) is 24.3 Å². The first-order valence-electron chi connectivity index (χ1n) is 10.2. The summed E-state index contributed by atoms with van der Waals surface area (Å²) in [4.78, 5) is 15.0. The number of ether oxygens (including phenoxy) is 4. The molecule has 0 radical (unpaired) electrons. The summed E-state index contributed by atoms with van der Waals surface area (Å²) in [7, 11) is 0.421. The van der Waals surface area contributed by atoms with Crippen LogP contribution >= 0.6 is 23.2 Å². The van der Waals surface area contributed by atoms with E-state index in [0.717, 1.165) is 6.26 Å². The number of hydrogen-bond acceptors (Lipinski definition) is 9. The Morgan fingerprint density at radius 1 is 1.11 bits per heavy atom. The van der Waals surface area contributed by atoms with Crippen molar-refractivity contribution in [3.63, 3.8) is 0 Å². The van der Waals surface area contributed by atoms with E-state index in [9.17, 15) is 18.3 Å². The highest BCUT2D eigenvalue weighted by Crippen LogP contribution is 2.41. The van der Waals surface area contributed by atoms with E-state index in [0.29, 0.717) is 16.3 Å². The molecule has 13 heteroatoms. The smallest absolute Gasteiger partial charge is 0.266 e. The van der Waals surface area contributed by atoms with Crippen LogP contribution in [0.15, 0.2) is 30.3 Å². The molecule has 10 nitrogen and oxygen atoms in total. The average molecular weight is 550 g/mol. The molecule has 0 aromatic heterocycles. The van der Waals surface area contributed by atoms with Crippen LogP contribution in [-0.2, 0) is 19.0 Å². The third kappa shape index (κ3) is 6.49. The largest absolute Gasteiger partial charge is 0.493 e. The summed E-state index contributed by atoms with van der Waals surface area (Å²) >= 11 is 12.2. The van der Waals surface area contributed by atoms with E-state index in [1.807, 2.05) is 0 Å². The Labute approximate surface area is 213 Å². The number of halogens is 2. The molecule has 3 rings (SSSR count). The van der Waals surface area contributed by atoms with Crippen molar-refractivity contribution in [1.29, 1.82) is 0 Å². The van der Waals surface area contributed by atoms with E-state index in [4.69, 9.17) is 42.1 Å². The quantitative estimate of drug-likeness (QED) is 0.371. The van der Waals surface area contributed by atoms with Crippen molar-refractivity contribution in [2.75, 3.05) is 34.1 Å². The van der Waals surface area contributed by atoms with Crippen LogP contribution < -0.4 is 14.2 Å². The van der Waals surface area contributed by atoms with E-state index in [1.165, 1.54) is 38.4 Å². The number of aliphatic hydroxyl groups excluding tert-OH is 1. The first kappa shape index (κ1) is 27.3. The van der Waals surface area contributed by atoms with E-state index in [-0.39, 0.29) is 35.1 Å². The predicted molar refractivity (Wildman–Crippen MR) is 128 cm³/mol. The molecule has 1 aliphatic heterocycles. The Morgan fingerprint density at radius 2 is 1.74 bits per heavy atom. The van der Waals surface area contributed by atoms with Gasteiger partial charge in [-0.15, -0.1) is 0 Å². The van der Waals surface area contributed by atoms with Gasteiger partial charge in [0.25, 0.3) is 16.0 Å². The van der Waals surface area contributed by atoms with Crippen molar-refractivity contribution in [2.24, 2.45) is 0 Å². The first-order chi connectivity index (χ1) is 16.5. The zero-order valence-corrected chi connectivity index (χ0v) is 21.7. The third-order valence-electron chi connectivity index (χ3n) is 5.16. The second-order valence-corrected chi connectivity index (χ2v) is 10.1. The van der Waals surface area contributed by atoms with Crippen LogP contribution in [0.25, 0.3) is 0 Å². The molecular weight excluding hydrogens is 525 g/mol. The van der Waals surface area contributed by atoms with E-state index >= 15 is 0 Å². The molecule has 0 saturated carbocycles. The minimum absolute atomic E-state index is 0.0184. The number of aliphatic hydroxyl groups is 1. The van der Waals surface area contributed by atoms with Crippen LogP contribution in [0.5, 0.6) is 17.2 Å². The molecule has 3 atom stereocenters. The highest BCUT2D eigenvalue weighted by molar-refractivity contribution is 7.86. The van der Waals surface area contributed by atoms with Crippen molar-refractivity contribution < 1.29 is 41.4 Å². The van der Waals surface area contributed by atoms with Crippen LogP contribution in [0.2, 0.25) is 10.0 Å². The van der Waals surface area contributed by atoms with Gasteiger partial charge in [-0.25, -0.2) is 4.18 Å². The molecule has 2 aromatic rings. The van der Waals surface area contributed by atoms with Crippen LogP contribution in [0, 0.1) is 0 Å². The maximum Gasteiger partial charge on any atom is 0.266 e. The number of methoxy groups -OCH3 is 3. The van der Waals surface area contributed by atoms with Crippen molar-refractivity contribution in [2.45, 2.75) is 25.0 Å². The number of benzene rings is 2. The summed E-state index contributed by atoms with van der Waals surface area (Å²) in [5.74, 6) is 0.454. The lowest BCUT2D eigenvalue weighted by Gasteiger charge is -2.24. The molecule has 1 saturated heterocycles. The summed E-state index contributed by atoms with van der Waals surface area (Å²) in [5.41, 5.74) is 0.753. The SMILES string of the molecule is COc1cc(C(=O)N2C[C@@H](CC(O)OS(C)(=O)=O)O[C@@H]2c2ccc(Cl)c(Cl)c2)cc(OC)c1OC. The predicted octanol–water partition coefficient (Wildman–Crippen LogP) is 3.24. The molecule has 1 amide bonds. The number of nitrogens with zero attached hydrogens (tertiary/aromatic N) is 1. The maximum absolute atomic E-state index is 13.6. The standard InChI is InChI=1S/C22H25Cl2NO9S/c1-30-17-8-13(9-18(31-2)20(17)32-3)21(27)25-11-14(10-19(26)34-35(4,28)29)33-22(25)12-5-6-15(23)16(24)7-12/h5-9,14,19,22,26H,10-11H2,1-4H3/t14-,19?,22-/m1/s1. The monoisotopic (exact) mass is 549 g/mol. The zero-order valence-electron chi connectivity index (χ0n) is 19.4. The van der Waals surface area contributed by atoms with E-state index < -0.39 is 34.6 Å². The summed E-state index contributed by atoms with van der Waals surface area (Å²) in [6.07, 6.45) is -2.70. The number of amides is 1. The highest BCUT2D eigenvalue weighted by atomic mass is 35.5. The topological polar surface area (TPSA) is 121 Å². The van der Waals surface area contributed by atoms with Crippen molar-refractivity contribution in [1.82, 2.24) is 4.90 Å². The molecular formula is C22H25Cl2NO9S. The number of rotatable bonds is 9. The number of hydrogen-bond donors (Lipinski definition) is 1. The molecule has 1 heterocycles. The molecule has 0 bridgehead atoms. The van der Waals surface area contributed by atoms with Gasteiger partial charge in [0, 0.05) is 17.5 Å². The average Bonchev–Trinajstić information content (AvgIpc) is 3.21. The number of carbonyl (C=O) groups excluding carboxylic acids is 1. The molecule has 0 spiro atoms. The van der Waals surface area contributed by atoms with Crippen LogP contribution in [0.3, 0.4) is 0 Å². The van der Waals surface area contributed by atoms with Gasteiger partial charge in [-0.2, -0.15) is 8.42 Å². The van der Waals surface area contributed by atoms with E-state index in [2.05, 4.69) is 4.18 Å². The van der Waals surface area contributed by atoms with Crippen molar-refractivity contribution >= 4 is 39.2 Å². The van der Waals surface area contributed by atoms with Gasteiger partial charge < -0.3 is 29.0 Å². The van der Waals surface area contributed by atoms with Crippen LogP contribution in [-0.4, -0.2) is 70.9 Å². The zero-order chi connectivity index (χ0) is 25.9. The van der Waals surface area contributed by atoms with Crippen molar-refractivity contribution in [3.8, 4) is 17.2 Å². The third-order valence-corrected chi connectivity index (χ3v) is 6.47. The summed E-state index contributed by atoms with van der Waals surface area (Å²) in [6.45, 7) is 0.0184. The summed E-state index contributed by atoms with van der Waals surface area (Å²) < 4.78 is 49.3. The fourth-order valence-electron chi connectivity index (χ4n) is 3.69. The molecule has 0 aliphatic carbocycles. The molecule has 1 N–H and O–H groups in total. The van der Waals surface area contributed by atoms with Crippen molar-refractivity contribution in [3.05, 3.63) is 51.5 Å². The van der Waals surface area contributed by atoms with Gasteiger partial charge in [0.1, 0.15) is 0 Å². The fourth-order valence-corrected chi connectivity index (χ4v) is 4.48. The minimum atomic E-state index is -3.89. The Bertz CT molecular complexity index is 1170. The molecule has 1 unspecified atom stereocenters. The molecule has 35 heavy (non-hydrogen) atoms. The lowest BCUT2D eigenvalue weighted by molar-refractivity contribution is -0.0651. The van der Waals surface area contributed by atoms with Gasteiger partial charge in [0.05, 0.1) is 50.3 Å².